The minimum absolute atomic E-state index is 0.0330. The van der Waals surface area contributed by atoms with Crippen molar-refractivity contribution in [1.82, 2.24) is 14.8 Å². The molecule has 14 heteroatoms. The number of halogens is 2. The van der Waals surface area contributed by atoms with E-state index in [2.05, 4.69) is 9.88 Å². The van der Waals surface area contributed by atoms with E-state index in [1.807, 2.05) is 13.8 Å². The number of methoxy groups -OCH3 is 1. The maximum Gasteiger partial charge on any atom is 0.336 e. The van der Waals surface area contributed by atoms with Gasteiger partial charge in [-0.3, -0.25) is 19.5 Å². The summed E-state index contributed by atoms with van der Waals surface area (Å²) in [5.74, 6) is -1.47. The first-order valence-corrected chi connectivity index (χ1v) is 14.1. The molecule has 1 atom stereocenters. The van der Waals surface area contributed by atoms with Crippen molar-refractivity contribution in [2.45, 2.75) is 26.5 Å². The zero-order valence-electron chi connectivity index (χ0n) is 23.5. The van der Waals surface area contributed by atoms with Crippen molar-refractivity contribution >= 4 is 57.0 Å². The van der Waals surface area contributed by atoms with Crippen LogP contribution >= 0.6 is 23.2 Å². The number of hydrogen-bond donors (Lipinski definition) is 0. The average molecular weight is 632 g/mol. The van der Waals surface area contributed by atoms with Crippen LogP contribution in [0.15, 0.2) is 53.4 Å². The number of Topliss-reactive ketones (excluding diaryl/α,β-unsaturated/α-hetero) is 1. The van der Waals surface area contributed by atoms with Gasteiger partial charge in [-0.1, -0.05) is 23.2 Å². The van der Waals surface area contributed by atoms with Crippen LogP contribution in [0.1, 0.15) is 40.3 Å². The maximum absolute atomic E-state index is 13.9. The molecule has 1 aliphatic heterocycles. The molecule has 3 aromatic heterocycles. The molecule has 1 amide bonds. The van der Waals surface area contributed by atoms with Crippen molar-refractivity contribution in [1.29, 1.82) is 0 Å². The van der Waals surface area contributed by atoms with Crippen LogP contribution in [0.2, 0.25) is 10.0 Å². The first-order valence-electron chi connectivity index (χ1n) is 13.4. The molecule has 226 valence electrons. The molecular formula is C29H27Cl2N3O9. The first-order chi connectivity index (χ1) is 20.6. The third kappa shape index (κ3) is 6.09. The van der Waals surface area contributed by atoms with Gasteiger partial charge in [-0.05, 0) is 13.8 Å². The van der Waals surface area contributed by atoms with Crippen LogP contribution < -0.4 is 16.0 Å². The second kappa shape index (κ2) is 12.7. The lowest BCUT2D eigenvalue weighted by atomic mass is 9.99. The van der Waals surface area contributed by atoms with Crippen LogP contribution in [0.3, 0.4) is 0 Å². The van der Waals surface area contributed by atoms with E-state index in [0.29, 0.717) is 32.8 Å². The van der Waals surface area contributed by atoms with E-state index in [4.69, 9.17) is 45.9 Å². The number of furan rings is 1. The molecular weight excluding hydrogens is 605 g/mol. The SMILES string of the molecule is CCOC(C)N1CCN(C(=O)c2oc3c(OC)cc4oc(=O)ccc(=O)oc2c3c4C(=O)Cc2c(Cl)cncc2Cl)CC1. The van der Waals surface area contributed by atoms with Crippen LogP contribution in [-0.2, 0) is 11.2 Å². The highest BCUT2D eigenvalue weighted by atomic mass is 35.5. The number of hydrogen-bond acceptors (Lipinski definition) is 11. The molecule has 1 aliphatic rings. The molecule has 0 saturated carbocycles. The highest BCUT2D eigenvalue weighted by Gasteiger charge is 2.33. The largest absolute Gasteiger partial charge is 0.493 e. The van der Waals surface area contributed by atoms with Gasteiger partial charge < -0.3 is 27.6 Å². The van der Waals surface area contributed by atoms with Crippen molar-refractivity contribution in [3.8, 4) is 5.75 Å². The Morgan fingerprint density at radius 1 is 1.00 bits per heavy atom. The number of aromatic nitrogens is 1. The minimum Gasteiger partial charge on any atom is -0.493 e. The average Bonchev–Trinajstić information content (AvgIpc) is 3.36. The van der Waals surface area contributed by atoms with Crippen molar-refractivity contribution in [2.75, 3.05) is 39.9 Å². The van der Waals surface area contributed by atoms with Gasteiger partial charge in [0.2, 0.25) is 5.76 Å². The van der Waals surface area contributed by atoms with Crippen LogP contribution in [0.5, 0.6) is 5.75 Å². The minimum atomic E-state index is -0.992. The van der Waals surface area contributed by atoms with E-state index >= 15 is 0 Å². The molecule has 0 N–H and O–H groups in total. The number of amides is 1. The van der Waals surface area contributed by atoms with E-state index in [0.717, 1.165) is 12.1 Å². The normalized spacial score (nSPS) is 14.7. The van der Waals surface area contributed by atoms with Crippen LogP contribution in [0.25, 0.3) is 22.1 Å². The molecule has 0 aliphatic carbocycles. The smallest absolute Gasteiger partial charge is 0.336 e. The van der Waals surface area contributed by atoms with E-state index < -0.39 is 22.9 Å². The summed E-state index contributed by atoms with van der Waals surface area (Å²) in [7, 11) is 1.33. The fraction of sp³-hybridized carbons (Fsp3) is 0.345. The highest BCUT2D eigenvalue weighted by molar-refractivity contribution is 6.36. The van der Waals surface area contributed by atoms with Gasteiger partial charge in [-0.25, -0.2) is 9.59 Å². The highest BCUT2D eigenvalue weighted by Crippen LogP contribution is 2.40. The van der Waals surface area contributed by atoms with Gasteiger partial charge in [-0.15, -0.1) is 0 Å². The van der Waals surface area contributed by atoms with E-state index in [9.17, 15) is 19.2 Å². The number of ether oxygens (including phenoxy) is 2. The van der Waals surface area contributed by atoms with Gasteiger partial charge >= 0.3 is 11.3 Å². The van der Waals surface area contributed by atoms with Crippen LogP contribution in [-0.4, -0.2) is 72.6 Å². The van der Waals surface area contributed by atoms with E-state index in [1.165, 1.54) is 25.6 Å². The topological polar surface area (TPSA) is 146 Å². The number of rotatable bonds is 8. The standard InChI is InChI=1S/C29H27Cl2N3O9/c1-4-40-15(2)33-7-9-34(10-8-33)29(38)28-27-25-24(19(35)11-16-17(30)13-32-14-18(16)31)20(12-21(39-3)26(25)43-28)41-22(36)5-6-23(37)42-27/h5-6,12-15H,4,7-11H2,1-3H3. The summed E-state index contributed by atoms with van der Waals surface area (Å²) in [4.78, 5) is 60.7. The Morgan fingerprint density at radius 3 is 2.28 bits per heavy atom. The fourth-order valence-electron chi connectivity index (χ4n) is 4.99. The van der Waals surface area contributed by atoms with Gasteiger partial charge in [0.05, 0.1) is 28.1 Å². The van der Waals surface area contributed by atoms with Crippen LogP contribution in [0.4, 0.5) is 0 Å². The quantitative estimate of drug-likeness (QED) is 0.256. The molecule has 2 bridgehead atoms. The predicted octanol–water partition coefficient (Wildman–Crippen LogP) is 4.33. The molecule has 43 heavy (non-hydrogen) atoms. The molecule has 0 spiro atoms. The Morgan fingerprint density at radius 2 is 1.65 bits per heavy atom. The Kier molecular flexibility index (Phi) is 9.02. The number of pyridine rings is 1. The van der Waals surface area contributed by atoms with Crippen LogP contribution in [0, 0.1) is 0 Å². The van der Waals surface area contributed by atoms with Gasteiger partial charge in [0, 0.05) is 75.4 Å². The number of fused-ring (bicyclic) bond motifs is 1. The van der Waals surface area contributed by atoms with Gasteiger partial charge in [0.1, 0.15) is 11.8 Å². The van der Waals surface area contributed by atoms with Gasteiger partial charge in [0.15, 0.2) is 22.7 Å². The first kappa shape index (κ1) is 30.5. The molecule has 1 aromatic carbocycles. The van der Waals surface area contributed by atoms with E-state index in [-0.39, 0.29) is 67.5 Å². The van der Waals surface area contributed by atoms with E-state index in [1.54, 1.807) is 4.90 Å². The molecule has 1 unspecified atom stereocenters. The Labute approximate surface area is 254 Å². The third-order valence-electron chi connectivity index (χ3n) is 7.12. The number of ketones is 1. The summed E-state index contributed by atoms with van der Waals surface area (Å²) < 4.78 is 28.2. The predicted molar refractivity (Wildman–Crippen MR) is 157 cm³/mol. The molecule has 4 aromatic rings. The molecule has 0 radical (unpaired) electrons. The molecule has 1 saturated heterocycles. The number of benzene rings is 1. The summed E-state index contributed by atoms with van der Waals surface area (Å²) in [5.41, 5.74) is -2.44. The summed E-state index contributed by atoms with van der Waals surface area (Å²) >= 11 is 12.6. The Hall–Kier alpha value is -3.97. The van der Waals surface area contributed by atoms with Crippen molar-refractivity contribution in [3.63, 3.8) is 0 Å². The Balaban J connectivity index is 1.71. The lowest BCUT2D eigenvalue weighted by Crippen LogP contribution is -2.51. The number of nitrogens with zero attached hydrogens (tertiary/aromatic N) is 3. The summed E-state index contributed by atoms with van der Waals surface area (Å²) in [6.45, 7) is 6.15. The van der Waals surface area contributed by atoms with Crippen molar-refractivity contribution in [2.24, 2.45) is 0 Å². The lowest BCUT2D eigenvalue weighted by molar-refractivity contribution is -0.0577. The second-order valence-electron chi connectivity index (χ2n) is 9.66. The zero-order valence-corrected chi connectivity index (χ0v) is 25.0. The number of carbonyl (C=O) groups is 2. The molecule has 5 rings (SSSR count). The third-order valence-corrected chi connectivity index (χ3v) is 7.77. The maximum atomic E-state index is 13.9. The molecule has 12 nitrogen and oxygen atoms in total. The zero-order chi connectivity index (χ0) is 30.8. The molecule has 4 heterocycles. The fourth-order valence-corrected chi connectivity index (χ4v) is 5.49. The summed E-state index contributed by atoms with van der Waals surface area (Å²) in [6, 6.07) is 2.98. The second-order valence-corrected chi connectivity index (χ2v) is 10.5. The van der Waals surface area contributed by atoms with Crippen molar-refractivity contribution in [3.05, 3.63) is 78.4 Å². The lowest BCUT2D eigenvalue weighted by Gasteiger charge is -2.37. The van der Waals surface area contributed by atoms with Gasteiger partial charge in [0.25, 0.3) is 5.91 Å². The van der Waals surface area contributed by atoms with Gasteiger partial charge in [-0.2, -0.15) is 0 Å². The Bertz CT molecular complexity index is 1840. The summed E-state index contributed by atoms with van der Waals surface area (Å²) in [5, 5.41) is 0.200. The number of piperazine rings is 1. The molecule has 1 fully saturated rings. The monoisotopic (exact) mass is 631 g/mol. The summed E-state index contributed by atoms with van der Waals surface area (Å²) in [6.07, 6.45) is 2.20. The number of carbonyl (C=O) groups excluding carboxylic acids is 2. The van der Waals surface area contributed by atoms with Crippen molar-refractivity contribution < 1.29 is 32.3 Å².